The van der Waals surface area contributed by atoms with Crippen molar-refractivity contribution in [3.05, 3.63) is 53.8 Å². The van der Waals surface area contributed by atoms with Gasteiger partial charge in [0.2, 0.25) is 5.91 Å². The molecule has 0 N–H and O–H groups in total. The summed E-state index contributed by atoms with van der Waals surface area (Å²) in [7, 11) is -2.98. The Morgan fingerprint density at radius 2 is 1.86 bits per heavy atom. The van der Waals surface area contributed by atoms with Gasteiger partial charge in [-0.3, -0.25) is 4.79 Å². The Labute approximate surface area is 165 Å². The maximum atomic E-state index is 13.9. The Morgan fingerprint density at radius 3 is 2.43 bits per heavy atom. The molecule has 0 radical (unpaired) electrons. The number of carbonyl (C=O) groups is 1. The first kappa shape index (κ1) is 21.7. The van der Waals surface area contributed by atoms with Gasteiger partial charge in [0.15, 0.2) is 11.6 Å². The minimum atomic E-state index is -4.26. The summed E-state index contributed by atoms with van der Waals surface area (Å²) in [5, 5.41) is 0. The summed E-state index contributed by atoms with van der Waals surface area (Å²) in [6.45, 7) is 5.55. The van der Waals surface area contributed by atoms with Gasteiger partial charge in [-0.2, -0.15) is 8.42 Å². The number of nitrogens with zero attached hydrogens (tertiary/aromatic N) is 1. The second-order valence-electron chi connectivity index (χ2n) is 6.35. The van der Waals surface area contributed by atoms with Gasteiger partial charge in [0.25, 0.3) is 0 Å². The molecule has 0 saturated carbocycles. The Bertz CT molecular complexity index is 945. The normalized spacial score (nSPS) is 12.3. The van der Waals surface area contributed by atoms with E-state index in [1.54, 1.807) is 23.1 Å². The maximum absolute atomic E-state index is 13.9. The number of benzene rings is 2. The first-order valence-corrected chi connectivity index (χ1v) is 10.2. The lowest BCUT2D eigenvalue weighted by molar-refractivity contribution is -0.131. The van der Waals surface area contributed by atoms with Crippen LogP contribution in [0.1, 0.15) is 32.8 Å². The van der Waals surface area contributed by atoms with Crippen LogP contribution in [0.15, 0.2) is 47.4 Å². The molecule has 0 unspecified atom stereocenters. The zero-order valence-electron chi connectivity index (χ0n) is 16.3. The van der Waals surface area contributed by atoms with E-state index in [0.717, 1.165) is 12.5 Å². The summed E-state index contributed by atoms with van der Waals surface area (Å²) in [6.07, 6.45) is 0.756. The van der Waals surface area contributed by atoms with Gasteiger partial charge >= 0.3 is 10.1 Å². The molecule has 8 heteroatoms. The van der Waals surface area contributed by atoms with E-state index < -0.39 is 15.9 Å². The molecule has 1 amide bonds. The first-order chi connectivity index (χ1) is 13.2. The third-order valence-corrected chi connectivity index (χ3v) is 5.68. The highest BCUT2D eigenvalue weighted by Gasteiger charge is 2.22. The molecule has 28 heavy (non-hydrogen) atoms. The van der Waals surface area contributed by atoms with Gasteiger partial charge in [0.05, 0.1) is 7.11 Å². The minimum Gasteiger partial charge on any atom is -0.494 e. The van der Waals surface area contributed by atoms with E-state index in [2.05, 4.69) is 0 Å². The summed E-state index contributed by atoms with van der Waals surface area (Å²) in [6, 6.07) is 9.81. The van der Waals surface area contributed by atoms with E-state index in [0.29, 0.717) is 5.56 Å². The van der Waals surface area contributed by atoms with Gasteiger partial charge in [0.1, 0.15) is 10.6 Å². The van der Waals surface area contributed by atoms with Crippen LogP contribution in [0.3, 0.4) is 0 Å². The average molecular weight is 409 g/mol. The van der Waals surface area contributed by atoms with Crippen LogP contribution < -0.4 is 8.92 Å². The van der Waals surface area contributed by atoms with Gasteiger partial charge in [-0.15, -0.1) is 0 Å². The molecule has 0 aliphatic heterocycles. The lowest BCUT2D eigenvalue weighted by Gasteiger charge is -2.28. The monoisotopic (exact) mass is 409 g/mol. The predicted molar refractivity (Wildman–Crippen MR) is 103 cm³/mol. The highest BCUT2D eigenvalue weighted by molar-refractivity contribution is 7.87. The maximum Gasteiger partial charge on any atom is 0.339 e. The Balaban J connectivity index is 2.34. The van der Waals surface area contributed by atoms with Gasteiger partial charge in [-0.25, -0.2) is 4.39 Å². The fraction of sp³-hybridized carbons (Fsp3) is 0.350. The van der Waals surface area contributed by atoms with Crippen molar-refractivity contribution >= 4 is 16.0 Å². The number of para-hydroxylation sites is 1. The zero-order chi connectivity index (χ0) is 20.9. The molecule has 2 aromatic rings. The molecular formula is C20H24FNO5S. The van der Waals surface area contributed by atoms with Gasteiger partial charge in [0, 0.05) is 25.1 Å². The zero-order valence-corrected chi connectivity index (χ0v) is 17.1. The molecule has 0 heterocycles. The molecule has 1 atom stereocenters. The number of halogens is 1. The molecule has 0 aliphatic rings. The van der Waals surface area contributed by atoms with Crippen molar-refractivity contribution in [3.63, 3.8) is 0 Å². The van der Waals surface area contributed by atoms with E-state index in [1.165, 1.54) is 32.2 Å². The topological polar surface area (TPSA) is 72.9 Å². The summed E-state index contributed by atoms with van der Waals surface area (Å²) in [5.41, 5.74) is 0.538. The summed E-state index contributed by atoms with van der Waals surface area (Å²) < 4.78 is 49.2. The van der Waals surface area contributed by atoms with Crippen molar-refractivity contribution in [1.82, 2.24) is 4.90 Å². The molecule has 0 bridgehead atoms. The lowest BCUT2D eigenvalue weighted by Crippen LogP contribution is -2.36. The molecule has 0 spiro atoms. The molecule has 0 aromatic heterocycles. The van der Waals surface area contributed by atoms with Crippen LogP contribution in [0.5, 0.6) is 11.5 Å². The second kappa shape index (κ2) is 9.05. The highest BCUT2D eigenvalue weighted by Crippen LogP contribution is 2.27. The molecule has 0 aliphatic carbocycles. The summed E-state index contributed by atoms with van der Waals surface area (Å²) >= 11 is 0. The average Bonchev–Trinajstić information content (AvgIpc) is 2.66. The van der Waals surface area contributed by atoms with Crippen LogP contribution in [-0.2, 0) is 21.5 Å². The summed E-state index contributed by atoms with van der Waals surface area (Å²) in [4.78, 5) is 13.3. The lowest BCUT2D eigenvalue weighted by atomic mass is 10.1. The fourth-order valence-electron chi connectivity index (χ4n) is 2.67. The Morgan fingerprint density at radius 1 is 1.18 bits per heavy atom. The molecule has 6 nitrogen and oxygen atoms in total. The Hall–Kier alpha value is -2.61. The molecule has 152 valence electrons. The minimum absolute atomic E-state index is 0.0159. The van der Waals surface area contributed by atoms with Crippen LogP contribution >= 0.6 is 0 Å². The van der Waals surface area contributed by atoms with E-state index in [-0.39, 0.29) is 34.9 Å². The van der Waals surface area contributed by atoms with Crippen molar-refractivity contribution in [2.24, 2.45) is 0 Å². The largest absolute Gasteiger partial charge is 0.494 e. The Kier molecular flexibility index (Phi) is 7.01. The van der Waals surface area contributed by atoms with Crippen LogP contribution in [0.2, 0.25) is 0 Å². The molecule has 0 fully saturated rings. The standard InChI is InChI=1S/C20H24FNO5S/c1-5-14(2)22(15(3)23)13-16-8-6-7-9-19(16)27-28(24,25)17-10-11-20(26-4)18(21)12-17/h6-12,14H,5,13H2,1-4H3/t14-/m0/s1. The second-order valence-corrected chi connectivity index (χ2v) is 7.89. The fourth-order valence-corrected chi connectivity index (χ4v) is 3.64. The van der Waals surface area contributed by atoms with Crippen LogP contribution in [0, 0.1) is 5.82 Å². The summed E-state index contributed by atoms with van der Waals surface area (Å²) in [5.74, 6) is -0.900. The quantitative estimate of drug-likeness (QED) is 0.621. The number of rotatable bonds is 8. The number of hydrogen-bond acceptors (Lipinski definition) is 5. The number of hydrogen-bond donors (Lipinski definition) is 0. The van der Waals surface area contributed by atoms with Crippen LogP contribution in [0.25, 0.3) is 0 Å². The SMILES string of the molecule is CC[C@H](C)N(Cc1ccccc1OS(=O)(=O)c1ccc(OC)c(F)c1)C(C)=O. The van der Waals surface area contributed by atoms with Gasteiger partial charge in [-0.1, -0.05) is 25.1 Å². The van der Waals surface area contributed by atoms with Crippen molar-refractivity contribution in [2.75, 3.05) is 7.11 Å². The van der Waals surface area contributed by atoms with E-state index in [1.807, 2.05) is 13.8 Å². The van der Waals surface area contributed by atoms with E-state index in [9.17, 15) is 17.6 Å². The number of amides is 1. The molecule has 0 saturated heterocycles. The van der Waals surface area contributed by atoms with E-state index in [4.69, 9.17) is 8.92 Å². The van der Waals surface area contributed by atoms with Crippen molar-refractivity contribution in [2.45, 2.75) is 44.7 Å². The third-order valence-electron chi connectivity index (χ3n) is 4.45. The molecule has 2 aromatic carbocycles. The number of ether oxygens (including phenoxy) is 1. The predicted octanol–water partition coefficient (Wildman–Crippen LogP) is 3.75. The molecule has 2 rings (SSSR count). The van der Waals surface area contributed by atoms with Crippen LogP contribution in [0.4, 0.5) is 4.39 Å². The van der Waals surface area contributed by atoms with E-state index >= 15 is 0 Å². The third kappa shape index (κ3) is 5.01. The first-order valence-electron chi connectivity index (χ1n) is 8.82. The van der Waals surface area contributed by atoms with Crippen LogP contribution in [-0.4, -0.2) is 32.4 Å². The van der Waals surface area contributed by atoms with Crippen molar-refractivity contribution in [3.8, 4) is 11.5 Å². The van der Waals surface area contributed by atoms with Gasteiger partial charge in [-0.05, 0) is 37.6 Å². The number of carbonyl (C=O) groups excluding carboxylic acids is 1. The highest BCUT2D eigenvalue weighted by atomic mass is 32.2. The number of methoxy groups -OCH3 is 1. The van der Waals surface area contributed by atoms with Crippen molar-refractivity contribution in [1.29, 1.82) is 0 Å². The smallest absolute Gasteiger partial charge is 0.339 e. The van der Waals surface area contributed by atoms with Crippen molar-refractivity contribution < 1.29 is 26.5 Å². The molecular weight excluding hydrogens is 385 g/mol. The van der Waals surface area contributed by atoms with Gasteiger partial charge < -0.3 is 13.8 Å².